The van der Waals surface area contributed by atoms with Crippen molar-refractivity contribution in [2.75, 3.05) is 11.9 Å². The monoisotopic (exact) mass is 577 g/mol. The minimum absolute atomic E-state index is 0.0368. The summed E-state index contributed by atoms with van der Waals surface area (Å²) in [5, 5.41) is 6.91. The number of alkyl halides is 1. The van der Waals surface area contributed by atoms with E-state index in [1.807, 2.05) is 19.3 Å². The van der Waals surface area contributed by atoms with Crippen LogP contribution in [0.1, 0.15) is 38.1 Å². The van der Waals surface area contributed by atoms with Gasteiger partial charge in [0.2, 0.25) is 0 Å². The van der Waals surface area contributed by atoms with Crippen LogP contribution in [0.5, 0.6) is 0 Å². The summed E-state index contributed by atoms with van der Waals surface area (Å²) < 4.78 is 2.17. The van der Waals surface area contributed by atoms with Gasteiger partial charge in [-0.05, 0) is 50.3 Å². The first-order valence-electron chi connectivity index (χ1n) is 12.2. The van der Waals surface area contributed by atoms with Gasteiger partial charge in [-0.1, -0.05) is 53.0 Å². The minimum atomic E-state index is 0.0368. The summed E-state index contributed by atoms with van der Waals surface area (Å²) in [6.45, 7) is 5.83. The Hall–Kier alpha value is -3.01. The zero-order valence-corrected chi connectivity index (χ0v) is 22.0. The number of halogens is 1. The number of benzene rings is 1. The van der Waals surface area contributed by atoms with Gasteiger partial charge in [0.15, 0.2) is 5.65 Å². The van der Waals surface area contributed by atoms with Crippen LogP contribution in [0, 0.1) is 5.92 Å². The third-order valence-electron chi connectivity index (χ3n) is 7.01. The molecule has 2 aromatic heterocycles. The first-order valence-corrected chi connectivity index (χ1v) is 13.3. The normalized spacial score (nSPS) is 24.8. The van der Waals surface area contributed by atoms with E-state index in [4.69, 9.17) is 9.97 Å². The summed E-state index contributed by atoms with van der Waals surface area (Å²) in [5.74, 6) is 1.42. The van der Waals surface area contributed by atoms with Crippen molar-refractivity contribution in [2.24, 2.45) is 10.9 Å². The third-order valence-corrected chi connectivity index (χ3v) is 8.42. The van der Waals surface area contributed by atoms with Crippen LogP contribution in [0.3, 0.4) is 0 Å². The van der Waals surface area contributed by atoms with E-state index in [0.717, 1.165) is 59.7 Å². The number of aryl methyl sites for hydroxylation is 1. The van der Waals surface area contributed by atoms with Crippen LogP contribution in [-0.2, 0) is 9.97 Å². The quantitative estimate of drug-likeness (QED) is 0.312. The highest BCUT2D eigenvalue weighted by Gasteiger charge is 2.38. The predicted octanol–water partition coefficient (Wildman–Crippen LogP) is 5.45. The highest BCUT2D eigenvalue weighted by atomic mass is 127. The molecule has 2 aliphatic heterocycles. The Morgan fingerprint density at radius 2 is 2.14 bits per heavy atom. The number of rotatable bonds is 5. The van der Waals surface area contributed by atoms with E-state index in [2.05, 4.69) is 97.2 Å². The molecular weight excluding hydrogens is 549 g/mol. The Kier molecular flexibility index (Phi) is 5.70. The van der Waals surface area contributed by atoms with Gasteiger partial charge in [-0.15, -0.1) is 0 Å². The molecule has 0 saturated heterocycles. The van der Waals surface area contributed by atoms with Crippen LogP contribution in [0.4, 0.5) is 5.69 Å². The van der Waals surface area contributed by atoms with Gasteiger partial charge >= 0.3 is 0 Å². The number of aliphatic imine (C=N–C) groups is 1. The summed E-state index contributed by atoms with van der Waals surface area (Å²) in [6, 6.07) is 6.64. The molecule has 2 N–H and O–H groups in total. The van der Waals surface area contributed by atoms with Crippen LogP contribution in [0.25, 0.3) is 28.0 Å². The summed E-state index contributed by atoms with van der Waals surface area (Å²) in [7, 11) is 0. The first kappa shape index (κ1) is 22.5. The van der Waals surface area contributed by atoms with Gasteiger partial charge in [-0.25, -0.2) is 15.0 Å². The fourth-order valence-electron chi connectivity index (χ4n) is 5.20. The average Bonchev–Trinajstić information content (AvgIpc) is 3.42. The van der Waals surface area contributed by atoms with Crippen molar-refractivity contribution in [1.82, 2.24) is 24.8 Å². The van der Waals surface area contributed by atoms with Gasteiger partial charge in [0.05, 0.1) is 8.99 Å². The molecule has 0 amide bonds. The maximum absolute atomic E-state index is 5.04. The van der Waals surface area contributed by atoms with Gasteiger partial charge in [0.25, 0.3) is 0 Å². The maximum Gasteiger partial charge on any atom is 0.164 e. The molecule has 8 heteroatoms. The lowest BCUT2D eigenvalue weighted by molar-refractivity contribution is 0.514. The summed E-state index contributed by atoms with van der Waals surface area (Å²) in [5.41, 5.74) is 7.12. The van der Waals surface area contributed by atoms with E-state index >= 15 is 0 Å². The number of anilines is 1. The zero-order valence-electron chi connectivity index (χ0n) is 19.9. The molecule has 4 heterocycles. The lowest BCUT2D eigenvalue weighted by Gasteiger charge is -2.27. The zero-order chi connectivity index (χ0) is 24.0. The molecule has 178 valence electrons. The van der Waals surface area contributed by atoms with Gasteiger partial charge in [0, 0.05) is 36.8 Å². The van der Waals surface area contributed by atoms with Crippen LogP contribution in [0.2, 0.25) is 0 Å². The number of nitrogens with zero attached hydrogens (tertiary/aromatic N) is 5. The second-order valence-electron chi connectivity index (χ2n) is 9.39. The molecule has 1 aromatic carbocycles. The van der Waals surface area contributed by atoms with Gasteiger partial charge in [0.1, 0.15) is 29.5 Å². The van der Waals surface area contributed by atoms with E-state index in [0.29, 0.717) is 5.92 Å². The van der Waals surface area contributed by atoms with E-state index < -0.39 is 0 Å². The van der Waals surface area contributed by atoms with Crippen LogP contribution in [0.15, 0.2) is 60.0 Å². The molecule has 2 unspecified atom stereocenters. The fourth-order valence-corrected chi connectivity index (χ4v) is 6.40. The minimum Gasteiger partial charge on any atom is -0.383 e. The molecular formula is C27H28IN7. The summed E-state index contributed by atoms with van der Waals surface area (Å²) >= 11 is 2.66. The SMILES string of the molecule is CCn1c(C2=CN[C@H](C)N=C2)nc2c(-c3ccc4c(c3)C(I)(CC3C=CC=CC3)CN4)ncnc21. The van der Waals surface area contributed by atoms with Gasteiger partial charge in [-0.2, -0.15) is 0 Å². The number of aromatic nitrogens is 4. The Labute approximate surface area is 218 Å². The van der Waals surface area contributed by atoms with Crippen LogP contribution < -0.4 is 10.6 Å². The molecule has 0 bridgehead atoms. The topological polar surface area (TPSA) is 80.0 Å². The Bertz CT molecular complexity index is 1420. The Balaban J connectivity index is 1.42. The molecule has 6 rings (SSSR count). The number of imidazole rings is 1. The molecule has 1 aliphatic carbocycles. The van der Waals surface area contributed by atoms with Crippen molar-refractivity contribution in [3.63, 3.8) is 0 Å². The number of hydrogen-bond acceptors (Lipinski definition) is 6. The molecule has 7 nitrogen and oxygen atoms in total. The molecule has 0 spiro atoms. The molecule has 3 aliphatic rings. The van der Waals surface area contributed by atoms with Gasteiger partial charge < -0.3 is 15.2 Å². The standard InChI is InChI=1S/C27H28IN7/c1-3-35-25(20-13-29-17(2)30-14-20)34-24-23(32-16-33-26(24)35)19-9-10-22-21(11-19)27(28,15-31-22)12-18-7-5-4-6-8-18/h4-7,9-11,13-14,16-18,29,31H,3,8,12,15H2,1-2H3/t17-,18?,27?/m0/s1. The van der Waals surface area contributed by atoms with Crippen molar-refractivity contribution in [1.29, 1.82) is 0 Å². The molecule has 0 saturated carbocycles. The maximum atomic E-state index is 5.04. The van der Waals surface area contributed by atoms with Crippen molar-refractivity contribution in [2.45, 2.75) is 42.8 Å². The van der Waals surface area contributed by atoms with E-state index in [1.54, 1.807) is 6.33 Å². The second-order valence-corrected chi connectivity index (χ2v) is 11.5. The number of hydrogen-bond donors (Lipinski definition) is 2. The van der Waals surface area contributed by atoms with Crippen molar-refractivity contribution in [3.8, 4) is 11.3 Å². The molecule has 0 radical (unpaired) electrons. The Morgan fingerprint density at radius 1 is 1.23 bits per heavy atom. The molecule has 35 heavy (non-hydrogen) atoms. The summed E-state index contributed by atoms with van der Waals surface area (Å²) in [4.78, 5) is 18.9. The number of fused-ring (bicyclic) bond motifs is 2. The number of allylic oxidation sites excluding steroid dienone is 5. The van der Waals surface area contributed by atoms with E-state index in [-0.39, 0.29) is 9.59 Å². The van der Waals surface area contributed by atoms with Crippen LogP contribution in [-0.4, -0.2) is 38.4 Å². The lowest BCUT2D eigenvalue weighted by atomic mass is 9.86. The third kappa shape index (κ3) is 3.97. The largest absolute Gasteiger partial charge is 0.383 e. The predicted molar refractivity (Wildman–Crippen MR) is 151 cm³/mol. The van der Waals surface area contributed by atoms with E-state index in [9.17, 15) is 0 Å². The fraction of sp³-hybridized carbons (Fsp3) is 0.333. The second kappa shape index (κ2) is 8.89. The molecule has 0 fully saturated rings. The average molecular weight is 577 g/mol. The Morgan fingerprint density at radius 3 is 2.91 bits per heavy atom. The molecule has 3 atom stereocenters. The highest BCUT2D eigenvalue weighted by Crippen LogP contribution is 2.48. The van der Waals surface area contributed by atoms with Crippen molar-refractivity contribution < 1.29 is 0 Å². The van der Waals surface area contributed by atoms with Crippen molar-refractivity contribution in [3.05, 3.63) is 66.4 Å². The van der Waals surface area contributed by atoms with Crippen molar-refractivity contribution >= 4 is 51.2 Å². The number of nitrogens with one attached hydrogen (secondary N) is 2. The highest BCUT2D eigenvalue weighted by molar-refractivity contribution is 14.1. The van der Waals surface area contributed by atoms with Crippen LogP contribution >= 0.6 is 22.6 Å². The molecule has 3 aromatic rings. The first-order chi connectivity index (χ1) is 17.1. The van der Waals surface area contributed by atoms with Gasteiger partial charge in [-0.3, -0.25) is 4.99 Å². The summed E-state index contributed by atoms with van der Waals surface area (Å²) in [6.07, 6.45) is 16.7. The smallest absolute Gasteiger partial charge is 0.164 e. The lowest BCUT2D eigenvalue weighted by Crippen LogP contribution is -2.24. The van der Waals surface area contributed by atoms with E-state index in [1.165, 1.54) is 11.3 Å².